The maximum Gasteiger partial charge on any atom is 0.303 e. The Morgan fingerprint density at radius 3 is 2.83 bits per heavy atom. The fraction of sp³-hybridized carbons (Fsp3) is 0.375. The van der Waals surface area contributed by atoms with E-state index in [0.29, 0.717) is 30.2 Å². The van der Waals surface area contributed by atoms with Gasteiger partial charge in [0, 0.05) is 12.6 Å². The Labute approximate surface area is 140 Å². The summed E-state index contributed by atoms with van der Waals surface area (Å²) in [5.41, 5.74) is 11.7. The molecule has 0 saturated carbocycles. The van der Waals surface area contributed by atoms with Crippen LogP contribution in [0.2, 0.25) is 0 Å². The summed E-state index contributed by atoms with van der Waals surface area (Å²) in [7, 11) is 0. The molecule has 0 atom stereocenters. The van der Waals surface area contributed by atoms with Crippen molar-refractivity contribution in [2.24, 2.45) is 21.7 Å². The number of carbonyl (C=O) groups is 1. The van der Waals surface area contributed by atoms with E-state index in [4.69, 9.17) is 21.3 Å². The first-order valence-corrected chi connectivity index (χ1v) is 7.60. The molecule has 0 spiro atoms. The van der Waals surface area contributed by atoms with Gasteiger partial charge in [-0.15, -0.1) is 5.10 Å². The molecule has 0 bridgehead atoms. The molecule has 0 amide bonds. The molecule has 0 aromatic carbocycles. The summed E-state index contributed by atoms with van der Waals surface area (Å²) in [6.07, 6.45) is 7.60. The third-order valence-corrected chi connectivity index (χ3v) is 2.90. The number of hydrogen-bond donors (Lipinski definition) is 3. The standard InChI is InChI=1S/C16H23N5O3/c1-12(20-21-16(17)18)8-9-13-14(6-5-10-19-13)24-11-4-2-3-7-15(22)23/h5-6,8-10H,2-4,7,11H2,1H3,(H,22,23)(H4,17,18,21)/b9-8+,20-12+. The lowest BCUT2D eigenvalue weighted by atomic mass is 10.2. The Balaban J connectivity index is 2.54. The van der Waals surface area contributed by atoms with Crippen molar-refractivity contribution in [1.29, 1.82) is 0 Å². The number of allylic oxidation sites excluding steroid dienone is 1. The highest BCUT2D eigenvalue weighted by Crippen LogP contribution is 2.17. The third-order valence-electron chi connectivity index (χ3n) is 2.90. The second-order valence-corrected chi connectivity index (χ2v) is 5.04. The van der Waals surface area contributed by atoms with Gasteiger partial charge in [-0.2, -0.15) is 5.10 Å². The summed E-state index contributed by atoms with van der Waals surface area (Å²) in [4.78, 5) is 14.7. The van der Waals surface area contributed by atoms with E-state index >= 15 is 0 Å². The van der Waals surface area contributed by atoms with E-state index in [1.165, 1.54) is 0 Å². The molecule has 0 aliphatic carbocycles. The molecular weight excluding hydrogens is 310 g/mol. The number of hydrogen-bond acceptors (Lipinski definition) is 5. The molecule has 0 radical (unpaired) electrons. The molecule has 0 unspecified atom stereocenters. The Kier molecular flexibility index (Phi) is 8.59. The number of pyridine rings is 1. The van der Waals surface area contributed by atoms with Crippen LogP contribution in [0.1, 0.15) is 38.3 Å². The average Bonchev–Trinajstić information content (AvgIpc) is 2.54. The fourth-order valence-corrected chi connectivity index (χ4v) is 1.76. The highest BCUT2D eigenvalue weighted by atomic mass is 16.5. The van der Waals surface area contributed by atoms with Crippen molar-refractivity contribution in [2.75, 3.05) is 6.61 Å². The molecular formula is C16H23N5O3. The van der Waals surface area contributed by atoms with Crippen molar-refractivity contribution in [3.63, 3.8) is 0 Å². The minimum Gasteiger partial charge on any atom is -0.491 e. The van der Waals surface area contributed by atoms with E-state index in [2.05, 4.69) is 15.2 Å². The number of carboxylic acid groups (broad SMARTS) is 1. The van der Waals surface area contributed by atoms with E-state index in [1.807, 2.05) is 6.07 Å². The van der Waals surface area contributed by atoms with Crippen LogP contribution in [0.5, 0.6) is 5.75 Å². The number of rotatable bonds is 10. The second kappa shape index (κ2) is 10.8. The van der Waals surface area contributed by atoms with Crippen LogP contribution in [0.25, 0.3) is 6.08 Å². The van der Waals surface area contributed by atoms with Crippen LogP contribution < -0.4 is 16.2 Å². The van der Waals surface area contributed by atoms with Crippen LogP contribution in [-0.2, 0) is 4.79 Å². The highest BCUT2D eigenvalue weighted by molar-refractivity contribution is 5.96. The summed E-state index contributed by atoms with van der Waals surface area (Å²) < 4.78 is 5.71. The molecule has 8 nitrogen and oxygen atoms in total. The van der Waals surface area contributed by atoms with Crippen molar-refractivity contribution in [1.82, 2.24) is 4.98 Å². The summed E-state index contributed by atoms with van der Waals surface area (Å²) >= 11 is 0. The molecule has 1 aromatic rings. The predicted octanol–water partition coefficient (Wildman–Crippen LogP) is 1.77. The van der Waals surface area contributed by atoms with Crippen LogP contribution in [0.4, 0.5) is 0 Å². The number of guanidine groups is 1. The van der Waals surface area contributed by atoms with Gasteiger partial charge in [-0.3, -0.25) is 9.78 Å². The molecule has 5 N–H and O–H groups in total. The average molecular weight is 333 g/mol. The van der Waals surface area contributed by atoms with Crippen LogP contribution in [0, 0.1) is 0 Å². The number of nitrogens with zero attached hydrogens (tertiary/aromatic N) is 3. The van der Waals surface area contributed by atoms with E-state index < -0.39 is 5.97 Å². The van der Waals surface area contributed by atoms with Gasteiger partial charge in [-0.25, -0.2) is 0 Å². The van der Waals surface area contributed by atoms with Gasteiger partial charge in [0.1, 0.15) is 11.4 Å². The lowest BCUT2D eigenvalue weighted by Crippen LogP contribution is -2.21. The molecule has 1 rings (SSSR count). The molecule has 8 heteroatoms. The fourth-order valence-electron chi connectivity index (χ4n) is 1.76. The Bertz CT molecular complexity index is 622. The van der Waals surface area contributed by atoms with Crippen molar-refractivity contribution in [3.05, 3.63) is 30.1 Å². The van der Waals surface area contributed by atoms with Crippen LogP contribution >= 0.6 is 0 Å². The molecule has 1 aromatic heterocycles. The van der Waals surface area contributed by atoms with Crippen molar-refractivity contribution < 1.29 is 14.6 Å². The number of carboxylic acids is 1. The minimum atomic E-state index is -0.770. The lowest BCUT2D eigenvalue weighted by molar-refractivity contribution is -0.137. The zero-order valence-electron chi connectivity index (χ0n) is 13.7. The molecule has 0 aliphatic rings. The number of aliphatic carboxylic acids is 1. The largest absolute Gasteiger partial charge is 0.491 e. The number of aromatic nitrogens is 1. The molecule has 130 valence electrons. The van der Waals surface area contributed by atoms with Gasteiger partial charge < -0.3 is 21.3 Å². The van der Waals surface area contributed by atoms with Gasteiger partial charge in [0.2, 0.25) is 5.96 Å². The topological polar surface area (TPSA) is 136 Å². The molecule has 0 saturated heterocycles. The van der Waals surface area contributed by atoms with Gasteiger partial charge in [0.05, 0.1) is 12.3 Å². The summed E-state index contributed by atoms with van der Waals surface area (Å²) in [6.45, 7) is 2.27. The number of unbranched alkanes of at least 4 members (excludes halogenated alkanes) is 2. The van der Waals surface area contributed by atoms with E-state index in [1.54, 1.807) is 31.3 Å². The van der Waals surface area contributed by atoms with Crippen molar-refractivity contribution in [3.8, 4) is 5.75 Å². The van der Waals surface area contributed by atoms with Crippen LogP contribution in [0.3, 0.4) is 0 Å². The van der Waals surface area contributed by atoms with Gasteiger partial charge in [0.25, 0.3) is 0 Å². The summed E-state index contributed by atoms with van der Waals surface area (Å²) in [5, 5.41) is 16.0. The minimum absolute atomic E-state index is 0.104. The van der Waals surface area contributed by atoms with Crippen LogP contribution in [0.15, 0.2) is 34.6 Å². The summed E-state index contributed by atoms with van der Waals surface area (Å²) in [6, 6.07) is 3.61. The van der Waals surface area contributed by atoms with Crippen molar-refractivity contribution >= 4 is 23.7 Å². The Hall–Kier alpha value is -2.90. The van der Waals surface area contributed by atoms with Gasteiger partial charge in [0.15, 0.2) is 0 Å². The zero-order chi connectivity index (χ0) is 17.8. The molecule has 0 aliphatic heterocycles. The predicted molar refractivity (Wildman–Crippen MR) is 93.8 cm³/mol. The molecule has 1 heterocycles. The zero-order valence-corrected chi connectivity index (χ0v) is 13.7. The molecule has 0 fully saturated rings. The number of nitrogens with two attached hydrogens (primary N) is 2. The summed E-state index contributed by atoms with van der Waals surface area (Å²) in [5.74, 6) is -0.220. The van der Waals surface area contributed by atoms with E-state index in [-0.39, 0.29) is 12.4 Å². The Morgan fingerprint density at radius 1 is 1.33 bits per heavy atom. The maximum absolute atomic E-state index is 10.4. The van der Waals surface area contributed by atoms with E-state index in [0.717, 1.165) is 12.8 Å². The highest BCUT2D eigenvalue weighted by Gasteiger charge is 2.02. The van der Waals surface area contributed by atoms with Gasteiger partial charge >= 0.3 is 5.97 Å². The first kappa shape index (κ1) is 19.1. The van der Waals surface area contributed by atoms with Gasteiger partial charge in [-0.05, 0) is 50.5 Å². The first-order chi connectivity index (χ1) is 11.5. The lowest BCUT2D eigenvalue weighted by Gasteiger charge is -2.08. The smallest absolute Gasteiger partial charge is 0.303 e. The quantitative estimate of drug-likeness (QED) is 0.258. The SMILES string of the molecule is CC(/C=C/c1ncccc1OCCCCCC(=O)O)=N\N=C(N)N. The second-order valence-electron chi connectivity index (χ2n) is 5.04. The Morgan fingerprint density at radius 2 is 2.12 bits per heavy atom. The third kappa shape index (κ3) is 8.52. The number of ether oxygens (including phenoxy) is 1. The van der Waals surface area contributed by atoms with Gasteiger partial charge in [-0.1, -0.05) is 0 Å². The van der Waals surface area contributed by atoms with Crippen LogP contribution in [-0.4, -0.2) is 34.3 Å². The molecule has 24 heavy (non-hydrogen) atoms. The van der Waals surface area contributed by atoms with E-state index in [9.17, 15) is 4.79 Å². The van der Waals surface area contributed by atoms with Crippen molar-refractivity contribution in [2.45, 2.75) is 32.6 Å². The maximum atomic E-state index is 10.4. The monoisotopic (exact) mass is 333 g/mol. The first-order valence-electron chi connectivity index (χ1n) is 7.60. The normalized spacial score (nSPS) is 11.5.